The zero-order chi connectivity index (χ0) is 26.9. The molecule has 2 N–H and O–H groups in total. The summed E-state index contributed by atoms with van der Waals surface area (Å²) in [6, 6.07) is 7.31. The van der Waals surface area contributed by atoms with E-state index in [0.29, 0.717) is 6.42 Å². The van der Waals surface area contributed by atoms with Crippen LogP contribution < -0.4 is 5.32 Å². The van der Waals surface area contributed by atoms with Gasteiger partial charge in [0.2, 0.25) is 18.2 Å². The van der Waals surface area contributed by atoms with Crippen molar-refractivity contribution in [1.82, 2.24) is 30.3 Å². The fourth-order valence-corrected chi connectivity index (χ4v) is 3.59. The number of benzene rings is 1. The molecular formula is C24H34N6O5S. The minimum Gasteiger partial charge on any atom is -0.444 e. The Bertz CT molecular complexity index is 1150. The maximum atomic E-state index is 12.4. The van der Waals surface area contributed by atoms with Gasteiger partial charge in [-0.1, -0.05) is 30.0 Å². The van der Waals surface area contributed by atoms with Crippen LogP contribution in [0, 0.1) is 0 Å². The Hall–Kier alpha value is -3.54. The number of H-pyrrole nitrogens is 1. The highest BCUT2D eigenvalue weighted by Gasteiger charge is 2.26. The van der Waals surface area contributed by atoms with Crippen LogP contribution >= 0.6 is 11.8 Å². The van der Waals surface area contributed by atoms with Gasteiger partial charge in [0, 0.05) is 51.7 Å². The third kappa shape index (κ3) is 9.25. The van der Waals surface area contributed by atoms with Crippen molar-refractivity contribution >= 4 is 41.1 Å². The Morgan fingerprint density at radius 3 is 2.47 bits per heavy atom. The van der Waals surface area contributed by atoms with Crippen LogP contribution in [0.5, 0.6) is 0 Å². The lowest BCUT2D eigenvalue weighted by molar-refractivity contribution is -0.125. The number of amides is 3. The van der Waals surface area contributed by atoms with E-state index in [9.17, 15) is 14.4 Å². The molecule has 3 amide bonds. The topological polar surface area (TPSA) is 134 Å². The number of hydrogen-bond donors (Lipinski definition) is 2. The second-order valence-electron chi connectivity index (χ2n) is 9.31. The van der Waals surface area contributed by atoms with Crippen molar-refractivity contribution in [3.05, 3.63) is 41.9 Å². The number of aromatic nitrogens is 3. The highest BCUT2D eigenvalue weighted by molar-refractivity contribution is 7.99. The van der Waals surface area contributed by atoms with Gasteiger partial charge < -0.3 is 29.3 Å². The van der Waals surface area contributed by atoms with Crippen molar-refractivity contribution in [2.24, 2.45) is 0 Å². The summed E-state index contributed by atoms with van der Waals surface area (Å²) >= 11 is 1.15. The molecule has 3 aromatic rings. The maximum Gasteiger partial charge on any atom is 0.408 e. The molecule has 0 bridgehead atoms. The number of rotatable bonds is 8. The van der Waals surface area contributed by atoms with Crippen molar-refractivity contribution < 1.29 is 23.5 Å². The smallest absolute Gasteiger partial charge is 0.408 e. The van der Waals surface area contributed by atoms with Crippen LogP contribution in [-0.2, 0) is 20.7 Å². The highest BCUT2D eigenvalue weighted by atomic mass is 32.2. The van der Waals surface area contributed by atoms with Gasteiger partial charge in [-0.05, 0) is 32.4 Å². The van der Waals surface area contributed by atoms with Gasteiger partial charge in [-0.2, -0.15) is 0 Å². The Morgan fingerprint density at radius 1 is 1.19 bits per heavy atom. The number of para-hydroxylation sites is 1. The second-order valence-corrected chi connectivity index (χ2v) is 10.2. The van der Waals surface area contributed by atoms with Gasteiger partial charge in [0.15, 0.2) is 0 Å². The van der Waals surface area contributed by atoms with E-state index in [0.717, 1.165) is 34.6 Å². The molecule has 36 heavy (non-hydrogen) atoms. The maximum absolute atomic E-state index is 12.4. The number of ether oxygens (including phenoxy) is 1. The lowest BCUT2D eigenvalue weighted by Crippen LogP contribution is -2.36. The Balaban J connectivity index is 0.000000830. The molecule has 0 fully saturated rings. The number of alkyl carbamates (subject to hydrolysis) is 1. The summed E-state index contributed by atoms with van der Waals surface area (Å²) in [6.07, 6.45) is 2.50. The average Bonchev–Trinajstić information content (AvgIpc) is 3.43. The normalized spacial score (nSPS) is 11.8. The van der Waals surface area contributed by atoms with E-state index in [1.54, 1.807) is 49.0 Å². The summed E-state index contributed by atoms with van der Waals surface area (Å²) in [5.41, 5.74) is 1.35. The largest absolute Gasteiger partial charge is 0.444 e. The fourth-order valence-electron chi connectivity index (χ4n) is 2.84. The standard InChI is InChI=1S/C21H27N5O4S.C3H7NO/c1-21(2,3)30-19(28)23-16(10-13-11-22-15-9-7-6-8-14(13)15)18-24-25-20(29-18)31-12-17(27)26(4)5;1-4(2)3-5/h6-9,11,16,22H,10,12H2,1-5H3,(H,23,28);3H,1-2H3. The first-order valence-electron chi connectivity index (χ1n) is 11.2. The predicted octanol–water partition coefficient (Wildman–Crippen LogP) is 3.24. The molecule has 196 valence electrons. The van der Waals surface area contributed by atoms with Crippen LogP contribution in [-0.4, -0.2) is 82.9 Å². The Morgan fingerprint density at radius 2 is 1.86 bits per heavy atom. The van der Waals surface area contributed by atoms with E-state index >= 15 is 0 Å². The molecule has 0 spiro atoms. The molecule has 1 atom stereocenters. The van der Waals surface area contributed by atoms with Gasteiger partial charge in [-0.3, -0.25) is 9.59 Å². The molecule has 0 aliphatic rings. The first-order valence-corrected chi connectivity index (χ1v) is 12.2. The summed E-state index contributed by atoms with van der Waals surface area (Å²) in [5.74, 6) is 0.365. The van der Waals surface area contributed by atoms with Gasteiger partial charge in [0.25, 0.3) is 5.22 Å². The van der Waals surface area contributed by atoms with Crippen LogP contribution in [0.4, 0.5) is 4.79 Å². The number of aromatic amines is 1. The quantitative estimate of drug-likeness (QED) is 0.343. The van der Waals surface area contributed by atoms with Gasteiger partial charge in [0.1, 0.15) is 11.6 Å². The SMILES string of the molecule is CN(C)C(=O)CSc1nnc(C(Cc2c[nH]c3ccccc23)NC(=O)OC(C)(C)C)o1.CN(C)C=O. The lowest BCUT2D eigenvalue weighted by atomic mass is 10.1. The van der Waals surface area contributed by atoms with E-state index in [2.05, 4.69) is 20.5 Å². The van der Waals surface area contributed by atoms with E-state index in [1.165, 1.54) is 9.80 Å². The van der Waals surface area contributed by atoms with Crippen LogP contribution in [0.2, 0.25) is 0 Å². The van der Waals surface area contributed by atoms with E-state index < -0.39 is 17.7 Å². The molecule has 3 rings (SSSR count). The van der Waals surface area contributed by atoms with Crippen molar-refractivity contribution in [3.63, 3.8) is 0 Å². The molecule has 0 saturated carbocycles. The number of nitrogens with zero attached hydrogens (tertiary/aromatic N) is 4. The molecule has 1 aromatic carbocycles. The average molecular weight is 519 g/mol. The molecule has 0 radical (unpaired) electrons. The molecule has 11 nitrogen and oxygen atoms in total. The minimum absolute atomic E-state index is 0.0630. The summed E-state index contributed by atoms with van der Waals surface area (Å²) in [5, 5.41) is 12.3. The van der Waals surface area contributed by atoms with Crippen molar-refractivity contribution in [2.75, 3.05) is 33.9 Å². The Labute approximate surface area is 214 Å². The Kier molecular flexibility index (Phi) is 10.3. The fraction of sp³-hybridized carbons (Fsp3) is 0.458. The molecular weight excluding hydrogens is 484 g/mol. The second kappa shape index (κ2) is 13.0. The van der Waals surface area contributed by atoms with Crippen LogP contribution in [0.15, 0.2) is 40.1 Å². The minimum atomic E-state index is -0.641. The van der Waals surface area contributed by atoms with Crippen LogP contribution in [0.1, 0.15) is 38.3 Å². The monoisotopic (exact) mass is 518 g/mol. The first-order chi connectivity index (χ1) is 16.9. The van der Waals surface area contributed by atoms with Gasteiger partial charge in [-0.25, -0.2) is 4.79 Å². The summed E-state index contributed by atoms with van der Waals surface area (Å²) in [6.45, 7) is 5.39. The molecule has 2 heterocycles. The zero-order valence-electron chi connectivity index (χ0n) is 21.7. The number of nitrogens with one attached hydrogen (secondary N) is 2. The number of hydrogen-bond acceptors (Lipinski definition) is 8. The number of thioether (sulfide) groups is 1. The van der Waals surface area contributed by atoms with E-state index in [4.69, 9.17) is 9.15 Å². The lowest BCUT2D eigenvalue weighted by Gasteiger charge is -2.22. The molecule has 0 aliphatic heterocycles. The van der Waals surface area contributed by atoms with Gasteiger partial charge in [-0.15, -0.1) is 10.2 Å². The van der Waals surface area contributed by atoms with Crippen molar-refractivity contribution in [1.29, 1.82) is 0 Å². The van der Waals surface area contributed by atoms with E-state index in [-0.39, 0.29) is 22.8 Å². The summed E-state index contributed by atoms with van der Waals surface area (Å²) in [4.78, 5) is 39.9. The third-order valence-electron chi connectivity index (χ3n) is 4.54. The third-order valence-corrected chi connectivity index (χ3v) is 5.34. The van der Waals surface area contributed by atoms with Crippen LogP contribution in [0.3, 0.4) is 0 Å². The highest BCUT2D eigenvalue weighted by Crippen LogP contribution is 2.26. The number of fused-ring (bicyclic) bond motifs is 1. The first kappa shape index (κ1) is 28.7. The molecule has 1 unspecified atom stereocenters. The summed E-state index contributed by atoms with van der Waals surface area (Å²) in [7, 11) is 6.74. The van der Waals surface area contributed by atoms with Crippen molar-refractivity contribution in [2.45, 2.75) is 44.1 Å². The molecule has 0 saturated heterocycles. The molecule has 0 aliphatic carbocycles. The van der Waals surface area contributed by atoms with Crippen molar-refractivity contribution in [3.8, 4) is 0 Å². The van der Waals surface area contributed by atoms with Gasteiger partial charge >= 0.3 is 6.09 Å². The predicted molar refractivity (Wildman–Crippen MR) is 138 cm³/mol. The number of carbonyl (C=O) groups excluding carboxylic acids is 3. The summed E-state index contributed by atoms with van der Waals surface area (Å²) < 4.78 is 11.2. The number of carbonyl (C=O) groups is 3. The van der Waals surface area contributed by atoms with Gasteiger partial charge in [0.05, 0.1) is 5.75 Å². The molecule has 12 heteroatoms. The molecule has 2 aromatic heterocycles. The van der Waals surface area contributed by atoms with Crippen LogP contribution in [0.25, 0.3) is 10.9 Å². The van der Waals surface area contributed by atoms with E-state index in [1.807, 2.05) is 30.5 Å². The zero-order valence-corrected chi connectivity index (χ0v) is 22.5.